The molecule has 0 radical (unpaired) electrons. The highest BCUT2D eigenvalue weighted by Crippen LogP contribution is 2.39. The molecule has 1 N–H and O–H groups in total. The van der Waals surface area contributed by atoms with E-state index >= 15 is 0 Å². The van der Waals surface area contributed by atoms with Crippen LogP contribution in [0.3, 0.4) is 0 Å². The molecule has 0 heterocycles. The van der Waals surface area contributed by atoms with Crippen LogP contribution in [0.25, 0.3) is 0 Å². The predicted octanol–water partition coefficient (Wildman–Crippen LogP) is 7.50. The molecule has 0 atom stereocenters. The van der Waals surface area contributed by atoms with Crippen LogP contribution in [0.1, 0.15) is 71.1 Å². The molecule has 26 heavy (non-hydrogen) atoms. The Morgan fingerprint density at radius 1 is 0.769 bits per heavy atom. The Hall–Kier alpha value is 0.290. The van der Waals surface area contributed by atoms with E-state index in [1.807, 2.05) is 0 Å². The molecule has 1 aromatic carbocycles. The van der Waals surface area contributed by atoms with E-state index in [1.54, 1.807) is 0 Å². The highest BCUT2D eigenvalue weighted by Gasteiger charge is 2.22. The van der Waals surface area contributed by atoms with Crippen molar-refractivity contribution < 1.29 is 8.42 Å². The van der Waals surface area contributed by atoms with Gasteiger partial charge in [0.05, 0.1) is 20.1 Å². The Kier molecular flexibility index (Phi) is 11.9. The Labute approximate surface area is 177 Å². The van der Waals surface area contributed by atoms with Crippen molar-refractivity contribution in [2.45, 2.75) is 76.0 Å². The van der Waals surface area contributed by atoms with Crippen molar-refractivity contribution in [1.82, 2.24) is 4.72 Å². The Balaban J connectivity index is 2.31. The molecule has 0 spiro atoms. The second kappa shape index (κ2) is 12.7. The van der Waals surface area contributed by atoms with Gasteiger partial charge in [-0.2, -0.15) is 0 Å². The molecule has 3 nitrogen and oxygen atoms in total. The maximum absolute atomic E-state index is 12.4. The number of sulfonamides is 1. The first-order chi connectivity index (χ1) is 12.3. The standard InChI is InChI=1S/C18H27Cl4NO2S/c1-2-3-4-5-6-7-8-9-10-11-12-23-26(24,25)15-13-14(19)16(20)18(22)17(15)21/h13,23H,2-12H2,1H3. The Morgan fingerprint density at radius 3 is 1.81 bits per heavy atom. The third-order valence-electron chi connectivity index (χ3n) is 4.18. The third-order valence-corrected chi connectivity index (χ3v) is 7.53. The van der Waals surface area contributed by atoms with Gasteiger partial charge in [0.2, 0.25) is 10.0 Å². The van der Waals surface area contributed by atoms with Crippen molar-refractivity contribution in [3.05, 3.63) is 26.2 Å². The number of halogens is 4. The normalized spacial score (nSPS) is 11.9. The van der Waals surface area contributed by atoms with Crippen molar-refractivity contribution in [1.29, 1.82) is 0 Å². The zero-order valence-electron chi connectivity index (χ0n) is 15.1. The number of rotatable bonds is 13. The number of hydrogen-bond acceptors (Lipinski definition) is 2. The van der Waals surface area contributed by atoms with Gasteiger partial charge in [0.25, 0.3) is 0 Å². The van der Waals surface area contributed by atoms with Gasteiger partial charge in [0.1, 0.15) is 4.90 Å². The van der Waals surface area contributed by atoms with Gasteiger partial charge in [-0.1, -0.05) is 111 Å². The molecule has 0 saturated carbocycles. The van der Waals surface area contributed by atoms with E-state index in [0.717, 1.165) is 19.3 Å². The van der Waals surface area contributed by atoms with E-state index in [-0.39, 0.29) is 25.0 Å². The molecule has 1 rings (SSSR count). The van der Waals surface area contributed by atoms with Crippen molar-refractivity contribution in [2.75, 3.05) is 6.54 Å². The first kappa shape index (κ1) is 24.3. The summed E-state index contributed by atoms with van der Waals surface area (Å²) in [5.74, 6) is 0. The molecule has 150 valence electrons. The molecule has 0 aliphatic rings. The van der Waals surface area contributed by atoms with Gasteiger partial charge in [-0.15, -0.1) is 0 Å². The lowest BCUT2D eigenvalue weighted by Crippen LogP contribution is -2.25. The minimum atomic E-state index is -3.77. The molecule has 0 saturated heterocycles. The number of benzene rings is 1. The Bertz CT molecular complexity index is 666. The molecule has 0 fully saturated rings. The summed E-state index contributed by atoms with van der Waals surface area (Å²) in [7, 11) is -3.77. The summed E-state index contributed by atoms with van der Waals surface area (Å²) in [4.78, 5) is -0.148. The maximum atomic E-state index is 12.4. The van der Waals surface area contributed by atoms with E-state index in [4.69, 9.17) is 46.4 Å². The van der Waals surface area contributed by atoms with Crippen molar-refractivity contribution >= 4 is 56.4 Å². The maximum Gasteiger partial charge on any atom is 0.242 e. The summed E-state index contributed by atoms with van der Waals surface area (Å²) >= 11 is 23.7. The molecule has 0 unspecified atom stereocenters. The lowest BCUT2D eigenvalue weighted by molar-refractivity contribution is 0.549. The van der Waals surface area contributed by atoms with Crippen molar-refractivity contribution in [3.8, 4) is 0 Å². The van der Waals surface area contributed by atoms with Crippen LogP contribution in [0.4, 0.5) is 0 Å². The zero-order chi connectivity index (χ0) is 19.6. The van der Waals surface area contributed by atoms with Crippen molar-refractivity contribution in [3.63, 3.8) is 0 Å². The van der Waals surface area contributed by atoms with Gasteiger partial charge in [0.15, 0.2) is 0 Å². The number of hydrogen-bond donors (Lipinski definition) is 1. The van der Waals surface area contributed by atoms with Crippen LogP contribution in [-0.2, 0) is 10.0 Å². The molecule has 0 bridgehead atoms. The molecular formula is C18H27Cl4NO2S. The fourth-order valence-corrected chi connectivity index (χ4v) is 5.05. The predicted molar refractivity (Wildman–Crippen MR) is 114 cm³/mol. The first-order valence-electron chi connectivity index (χ1n) is 9.14. The second-order valence-electron chi connectivity index (χ2n) is 6.38. The summed E-state index contributed by atoms with van der Waals surface area (Å²) in [6, 6.07) is 1.22. The second-order valence-corrected chi connectivity index (χ2v) is 9.65. The molecule has 0 amide bonds. The average Bonchev–Trinajstić information content (AvgIpc) is 2.60. The minimum Gasteiger partial charge on any atom is -0.211 e. The number of unbranched alkanes of at least 4 members (excludes halogenated alkanes) is 9. The number of nitrogens with one attached hydrogen (secondary N) is 1. The quantitative estimate of drug-likeness (QED) is 0.187. The zero-order valence-corrected chi connectivity index (χ0v) is 18.9. The average molecular weight is 463 g/mol. The Morgan fingerprint density at radius 2 is 1.27 bits per heavy atom. The van der Waals surface area contributed by atoms with E-state index in [2.05, 4.69) is 11.6 Å². The van der Waals surface area contributed by atoms with E-state index in [0.29, 0.717) is 6.54 Å². The van der Waals surface area contributed by atoms with Gasteiger partial charge in [-0.05, 0) is 12.5 Å². The molecule has 0 aromatic heterocycles. The van der Waals surface area contributed by atoms with Crippen LogP contribution >= 0.6 is 46.4 Å². The molecule has 0 aliphatic carbocycles. The first-order valence-corrected chi connectivity index (χ1v) is 12.1. The smallest absolute Gasteiger partial charge is 0.211 e. The van der Waals surface area contributed by atoms with E-state index in [1.165, 1.54) is 51.0 Å². The third kappa shape index (κ3) is 8.12. The summed E-state index contributed by atoms with van der Waals surface area (Å²) < 4.78 is 27.3. The van der Waals surface area contributed by atoms with Gasteiger partial charge in [-0.3, -0.25) is 0 Å². The fourth-order valence-electron chi connectivity index (χ4n) is 2.64. The summed E-state index contributed by atoms with van der Waals surface area (Å²) in [6.07, 6.45) is 11.9. The van der Waals surface area contributed by atoms with Gasteiger partial charge >= 0.3 is 0 Å². The van der Waals surface area contributed by atoms with Crippen LogP contribution in [0.5, 0.6) is 0 Å². The van der Waals surface area contributed by atoms with E-state index in [9.17, 15) is 8.42 Å². The monoisotopic (exact) mass is 461 g/mol. The van der Waals surface area contributed by atoms with Crippen LogP contribution in [0, 0.1) is 0 Å². The van der Waals surface area contributed by atoms with E-state index < -0.39 is 10.0 Å². The highest BCUT2D eigenvalue weighted by molar-refractivity contribution is 7.89. The molecule has 1 aromatic rings. The highest BCUT2D eigenvalue weighted by atomic mass is 35.5. The van der Waals surface area contributed by atoms with Gasteiger partial charge in [-0.25, -0.2) is 13.1 Å². The molecular weight excluding hydrogens is 436 g/mol. The van der Waals surface area contributed by atoms with Crippen LogP contribution in [-0.4, -0.2) is 15.0 Å². The SMILES string of the molecule is CCCCCCCCCCCCNS(=O)(=O)c1cc(Cl)c(Cl)c(Cl)c1Cl. The largest absolute Gasteiger partial charge is 0.242 e. The summed E-state index contributed by atoms with van der Waals surface area (Å²) in [5, 5.41) is -0.0656. The topological polar surface area (TPSA) is 46.2 Å². The van der Waals surface area contributed by atoms with Crippen LogP contribution < -0.4 is 4.72 Å². The molecule has 8 heteroatoms. The van der Waals surface area contributed by atoms with Crippen LogP contribution in [0.15, 0.2) is 11.0 Å². The summed E-state index contributed by atoms with van der Waals surface area (Å²) in [6.45, 7) is 2.57. The lowest BCUT2D eigenvalue weighted by atomic mass is 10.1. The fraction of sp³-hybridized carbons (Fsp3) is 0.667. The van der Waals surface area contributed by atoms with Crippen molar-refractivity contribution in [2.24, 2.45) is 0 Å². The summed E-state index contributed by atoms with van der Waals surface area (Å²) in [5.41, 5.74) is 0. The molecule has 0 aliphatic heterocycles. The van der Waals surface area contributed by atoms with Gasteiger partial charge in [0, 0.05) is 6.54 Å². The van der Waals surface area contributed by atoms with Gasteiger partial charge < -0.3 is 0 Å². The lowest BCUT2D eigenvalue weighted by Gasteiger charge is -2.11. The van der Waals surface area contributed by atoms with Crippen LogP contribution in [0.2, 0.25) is 20.1 Å². The minimum absolute atomic E-state index is 0.0481.